The summed E-state index contributed by atoms with van der Waals surface area (Å²) >= 11 is 0. The number of hydrogen-bond donors (Lipinski definition) is 2. The lowest BCUT2D eigenvalue weighted by Crippen LogP contribution is -2.43. The fourth-order valence-corrected chi connectivity index (χ4v) is 2.43. The maximum absolute atomic E-state index is 12.2. The first-order valence-electron chi connectivity index (χ1n) is 7.22. The van der Waals surface area contributed by atoms with Gasteiger partial charge in [0.15, 0.2) is 0 Å². The van der Waals surface area contributed by atoms with Gasteiger partial charge in [0.2, 0.25) is 5.91 Å². The lowest BCUT2D eigenvalue weighted by atomic mass is 10.00. The van der Waals surface area contributed by atoms with Crippen LogP contribution in [0.4, 0.5) is 5.69 Å². The summed E-state index contributed by atoms with van der Waals surface area (Å²) < 4.78 is 0. The Morgan fingerprint density at radius 1 is 1.37 bits per heavy atom. The van der Waals surface area contributed by atoms with Gasteiger partial charge in [0.1, 0.15) is 0 Å². The van der Waals surface area contributed by atoms with E-state index in [1.807, 2.05) is 6.92 Å². The highest BCUT2D eigenvalue weighted by molar-refractivity contribution is 5.95. The van der Waals surface area contributed by atoms with Gasteiger partial charge >= 0.3 is 0 Å². The molecule has 3 nitrogen and oxygen atoms in total. The largest absolute Gasteiger partial charge is 0.324 e. The van der Waals surface area contributed by atoms with Crippen molar-refractivity contribution in [2.75, 3.05) is 11.9 Å². The van der Waals surface area contributed by atoms with Gasteiger partial charge in [-0.3, -0.25) is 4.79 Å². The van der Waals surface area contributed by atoms with Crippen LogP contribution < -0.4 is 10.6 Å². The Morgan fingerprint density at radius 3 is 2.79 bits per heavy atom. The van der Waals surface area contributed by atoms with Gasteiger partial charge in [-0.25, -0.2) is 0 Å². The van der Waals surface area contributed by atoms with Crippen molar-refractivity contribution in [3.05, 3.63) is 29.3 Å². The fourth-order valence-electron chi connectivity index (χ4n) is 2.43. The Balaban J connectivity index is 2.09. The predicted octanol–water partition coefficient (Wildman–Crippen LogP) is 3.20. The maximum atomic E-state index is 12.2. The number of benzene rings is 1. The van der Waals surface area contributed by atoms with E-state index in [1.54, 1.807) is 0 Å². The van der Waals surface area contributed by atoms with Crippen molar-refractivity contribution in [2.45, 2.75) is 52.0 Å². The normalized spacial score (nSPS) is 19.5. The summed E-state index contributed by atoms with van der Waals surface area (Å²) in [4.78, 5) is 12.2. The fraction of sp³-hybridized carbons (Fsp3) is 0.562. The molecule has 1 aliphatic rings. The minimum Gasteiger partial charge on any atom is -0.324 e. The first-order chi connectivity index (χ1) is 9.08. The second-order valence-corrected chi connectivity index (χ2v) is 5.72. The van der Waals surface area contributed by atoms with Gasteiger partial charge in [0, 0.05) is 5.69 Å². The number of nitrogens with one attached hydrogen (secondary N) is 2. The van der Waals surface area contributed by atoms with Crippen molar-refractivity contribution in [1.82, 2.24) is 5.32 Å². The van der Waals surface area contributed by atoms with Crippen LogP contribution >= 0.6 is 0 Å². The number of amides is 1. The molecule has 0 saturated carbocycles. The van der Waals surface area contributed by atoms with E-state index in [2.05, 4.69) is 42.7 Å². The Hall–Kier alpha value is -1.35. The second kappa shape index (κ2) is 6.20. The molecule has 0 spiro atoms. The minimum atomic E-state index is -0.0316. The molecule has 1 aromatic rings. The molecular formula is C16H24N2O. The summed E-state index contributed by atoms with van der Waals surface area (Å²) in [5, 5.41) is 6.36. The zero-order chi connectivity index (χ0) is 13.8. The van der Waals surface area contributed by atoms with E-state index in [0.29, 0.717) is 5.92 Å². The molecule has 2 rings (SSSR count). The molecule has 2 N–H and O–H groups in total. The molecule has 1 fully saturated rings. The molecule has 0 aliphatic carbocycles. The van der Waals surface area contributed by atoms with Crippen LogP contribution in [0.15, 0.2) is 18.2 Å². The van der Waals surface area contributed by atoms with Gasteiger partial charge in [-0.1, -0.05) is 32.4 Å². The average molecular weight is 260 g/mol. The molecule has 1 unspecified atom stereocenters. The minimum absolute atomic E-state index is 0.0316. The van der Waals surface area contributed by atoms with Gasteiger partial charge in [-0.15, -0.1) is 0 Å². The van der Waals surface area contributed by atoms with E-state index in [9.17, 15) is 4.79 Å². The molecule has 19 heavy (non-hydrogen) atoms. The molecule has 1 aromatic carbocycles. The smallest absolute Gasteiger partial charge is 0.241 e. The molecule has 3 heteroatoms. The van der Waals surface area contributed by atoms with Crippen LogP contribution in [-0.4, -0.2) is 18.5 Å². The standard InChI is InChI=1S/C16H24N2O/c1-11(2)13-8-7-12(3)15(10-13)18-16(19)14-6-4-5-9-17-14/h7-8,10-11,14,17H,4-6,9H2,1-3H3,(H,18,19). The van der Waals surface area contributed by atoms with Crippen molar-refractivity contribution >= 4 is 11.6 Å². The molecule has 1 amide bonds. The van der Waals surface area contributed by atoms with Gasteiger partial charge in [0.05, 0.1) is 6.04 Å². The van der Waals surface area contributed by atoms with Crippen molar-refractivity contribution in [3.63, 3.8) is 0 Å². The van der Waals surface area contributed by atoms with Gasteiger partial charge in [-0.05, 0) is 49.4 Å². The van der Waals surface area contributed by atoms with Crippen molar-refractivity contribution in [1.29, 1.82) is 0 Å². The number of carbonyl (C=O) groups excluding carboxylic acids is 1. The first-order valence-corrected chi connectivity index (χ1v) is 7.22. The molecular weight excluding hydrogens is 236 g/mol. The SMILES string of the molecule is Cc1ccc(C(C)C)cc1NC(=O)C1CCCCN1. The zero-order valence-corrected chi connectivity index (χ0v) is 12.1. The highest BCUT2D eigenvalue weighted by atomic mass is 16.2. The molecule has 1 atom stereocenters. The van der Waals surface area contributed by atoms with Crippen molar-refractivity contribution in [3.8, 4) is 0 Å². The average Bonchev–Trinajstić information content (AvgIpc) is 2.42. The van der Waals surface area contributed by atoms with Crippen LogP contribution in [0.1, 0.15) is 50.2 Å². The van der Waals surface area contributed by atoms with Gasteiger partial charge in [-0.2, -0.15) is 0 Å². The van der Waals surface area contributed by atoms with Gasteiger partial charge in [0.25, 0.3) is 0 Å². The summed E-state index contributed by atoms with van der Waals surface area (Å²) in [6.45, 7) is 7.31. The van der Waals surface area contributed by atoms with Gasteiger partial charge < -0.3 is 10.6 Å². The number of carbonyl (C=O) groups is 1. The maximum Gasteiger partial charge on any atom is 0.241 e. The number of hydrogen-bond acceptors (Lipinski definition) is 2. The quantitative estimate of drug-likeness (QED) is 0.876. The molecule has 0 radical (unpaired) electrons. The topological polar surface area (TPSA) is 41.1 Å². The summed E-state index contributed by atoms with van der Waals surface area (Å²) in [6, 6.07) is 6.28. The Morgan fingerprint density at radius 2 is 2.16 bits per heavy atom. The van der Waals surface area contributed by atoms with E-state index in [0.717, 1.165) is 30.6 Å². The van der Waals surface area contributed by atoms with E-state index in [1.165, 1.54) is 12.0 Å². The number of anilines is 1. The first kappa shape index (κ1) is 14.1. The Bertz CT molecular complexity index is 448. The van der Waals surface area contributed by atoms with Crippen molar-refractivity contribution < 1.29 is 4.79 Å². The third-order valence-electron chi connectivity index (χ3n) is 3.81. The highest BCUT2D eigenvalue weighted by Gasteiger charge is 2.20. The summed E-state index contributed by atoms with van der Waals surface area (Å²) in [5.74, 6) is 0.577. The third kappa shape index (κ3) is 3.57. The van der Waals surface area contributed by atoms with Crippen LogP contribution in [0.2, 0.25) is 0 Å². The van der Waals surface area contributed by atoms with E-state index in [-0.39, 0.29) is 11.9 Å². The molecule has 0 aromatic heterocycles. The van der Waals surface area contributed by atoms with E-state index in [4.69, 9.17) is 0 Å². The van der Waals surface area contributed by atoms with Crippen LogP contribution in [0.25, 0.3) is 0 Å². The molecule has 1 heterocycles. The molecule has 0 bridgehead atoms. The highest BCUT2D eigenvalue weighted by Crippen LogP contribution is 2.23. The molecule has 1 saturated heterocycles. The number of piperidine rings is 1. The number of aryl methyl sites for hydroxylation is 1. The number of rotatable bonds is 3. The summed E-state index contributed by atoms with van der Waals surface area (Å²) in [7, 11) is 0. The monoisotopic (exact) mass is 260 g/mol. The lowest BCUT2D eigenvalue weighted by Gasteiger charge is -2.23. The zero-order valence-electron chi connectivity index (χ0n) is 12.1. The summed E-state index contributed by atoms with van der Waals surface area (Å²) in [5.41, 5.74) is 3.33. The van der Waals surface area contributed by atoms with E-state index < -0.39 is 0 Å². The lowest BCUT2D eigenvalue weighted by molar-refractivity contribution is -0.118. The van der Waals surface area contributed by atoms with Crippen LogP contribution in [0.3, 0.4) is 0 Å². The van der Waals surface area contributed by atoms with Crippen molar-refractivity contribution in [2.24, 2.45) is 0 Å². The van der Waals surface area contributed by atoms with Crippen LogP contribution in [0, 0.1) is 6.92 Å². The molecule has 104 valence electrons. The Labute approximate surface area is 115 Å². The van der Waals surface area contributed by atoms with E-state index >= 15 is 0 Å². The van der Waals surface area contributed by atoms with Crippen LogP contribution in [0.5, 0.6) is 0 Å². The van der Waals surface area contributed by atoms with Crippen LogP contribution in [-0.2, 0) is 4.79 Å². The summed E-state index contributed by atoms with van der Waals surface area (Å²) in [6.07, 6.45) is 3.25. The second-order valence-electron chi connectivity index (χ2n) is 5.72. The third-order valence-corrected chi connectivity index (χ3v) is 3.81. The Kier molecular flexibility index (Phi) is 4.59. The predicted molar refractivity (Wildman–Crippen MR) is 79.5 cm³/mol. The molecule has 1 aliphatic heterocycles.